The Morgan fingerprint density at radius 1 is 1.50 bits per heavy atom. The number of benzene rings is 1. The van der Waals surface area contributed by atoms with E-state index in [1.54, 1.807) is 6.92 Å². The third kappa shape index (κ3) is 3.33. The Hall–Kier alpha value is -0.390. The van der Waals surface area contributed by atoms with Crippen LogP contribution in [0, 0.1) is 5.92 Å². The van der Waals surface area contributed by atoms with Crippen LogP contribution in [0.15, 0.2) is 28.7 Å². The predicted molar refractivity (Wildman–Crippen MR) is 75.3 cm³/mol. The van der Waals surface area contributed by atoms with Gasteiger partial charge in [-0.3, -0.25) is 0 Å². The lowest BCUT2D eigenvalue weighted by Gasteiger charge is -2.16. The van der Waals surface area contributed by atoms with Gasteiger partial charge in [-0.2, -0.15) is 0 Å². The zero-order valence-corrected chi connectivity index (χ0v) is 12.7. The van der Waals surface area contributed by atoms with E-state index in [0.717, 1.165) is 16.5 Å². The van der Waals surface area contributed by atoms with E-state index in [1.165, 1.54) is 0 Å². The van der Waals surface area contributed by atoms with Crippen LogP contribution in [0.1, 0.15) is 24.2 Å². The normalized spacial score (nSPS) is 22.0. The Morgan fingerprint density at radius 3 is 2.89 bits per heavy atom. The third-order valence-electron chi connectivity index (χ3n) is 3.35. The van der Waals surface area contributed by atoms with Crippen LogP contribution in [0.2, 0.25) is 0 Å². The fraction of sp³-hybridized carbons (Fsp3) is 0.538. The van der Waals surface area contributed by atoms with Gasteiger partial charge in [0.2, 0.25) is 0 Å². The molecule has 0 bridgehead atoms. The molecule has 2 unspecified atom stereocenters. The van der Waals surface area contributed by atoms with E-state index < -0.39 is 15.1 Å². The molecular formula is C13H17BrO3S. The van der Waals surface area contributed by atoms with E-state index in [1.807, 2.05) is 24.3 Å². The van der Waals surface area contributed by atoms with Crippen molar-refractivity contribution in [3.05, 3.63) is 34.3 Å². The average Bonchev–Trinajstić information content (AvgIpc) is 2.80. The van der Waals surface area contributed by atoms with Crippen molar-refractivity contribution in [2.75, 3.05) is 19.0 Å². The second kappa shape index (κ2) is 5.72. The van der Waals surface area contributed by atoms with Crippen LogP contribution in [-0.4, -0.2) is 27.4 Å². The predicted octanol–water partition coefficient (Wildman–Crippen LogP) is 2.96. The summed E-state index contributed by atoms with van der Waals surface area (Å²) in [4.78, 5) is 0. The summed E-state index contributed by atoms with van der Waals surface area (Å²) in [6.45, 7) is 3.02. The lowest BCUT2D eigenvalue weighted by atomic mass is 10.2. The highest BCUT2D eigenvalue weighted by Gasteiger charge is 2.28. The monoisotopic (exact) mass is 332 g/mol. The summed E-state index contributed by atoms with van der Waals surface area (Å²) in [5.41, 5.74) is 0.836. The molecule has 1 aromatic rings. The molecule has 100 valence electrons. The zero-order valence-electron chi connectivity index (χ0n) is 10.3. The summed E-state index contributed by atoms with van der Waals surface area (Å²) < 4.78 is 30.8. The summed E-state index contributed by atoms with van der Waals surface area (Å²) in [5.74, 6) is 0.380. The molecule has 0 radical (unpaired) electrons. The molecule has 1 heterocycles. The minimum absolute atomic E-state index is 0.157. The maximum absolute atomic E-state index is 12.3. The average molecular weight is 333 g/mol. The Labute approximate surface area is 117 Å². The molecule has 1 aromatic carbocycles. The van der Waals surface area contributed by atoms with Crippen LogP contribution < -0.4 is 0 Å². The fourth-order valence-corrected chi connectivity index (χ4v) is 4.34. The molecule has 0 N–H and O–H groups in total. The maximum atomic E-state index is 12.3. The van der Waals surface area contributed by atoms with Crippen molar-refractivity contribution >= 4 is 25.8 Å². The molecule has 1 aliphatic rings. The summed E-state index contributed by atoms with van der Waals surface area (Å²) in [6.07, 6.45) is 0.852. The third-order valence-corrected chi connectivity index (χ3v) is 6.13. The first-order valence-corrected chi connectivity index (χ1v) is 8.54. The number of hydrogen-bond donors (Lipinski definition) is 0. The van der Waals surface area contributed by atoms with E-state index in [2.05, 4.69) is 15.9 Å². The SMILES string of the molecule is CC(c1cccc(Br)c1)S(=O)(=O)CC1CCOC1. The Bertz CT molecular complexity index is 507. The van der Waals surface area contributed by atoms with Crippen molar-refractivity contribution in [1.82, 2.24) is 0 Å². The molecule has 2 rings (SSSR count). The Morgan fingerprint density at radius 2 is 2.28 bits per heavy atom. The second-order valence-corrected chi connectivity index (χ2v) is 8.04. The van der Waals surface area contributed by atoms with Crippen molar-refractivity contribution in [2.24, 2.45) is 5.92 Å². The van der Waals surface area contributed by atoms with Crippen LogP contribution in [0.3, 0.4) is 0 Å². The molecule has 0 aliphatic carbocycles. The Balaban J connectivity index is 2.13. The van der Waals surface area contributed by atoms with Crippen LogP contribution in [0.25, 0.3) is 0 Å². The fourth-order valence-electron chi connectivity index (χ4n) is 2.15. The van der Waals surface area contributed by atoms with Gasteiger partial charge in [-0.1, -0.05) is 28.1 Å². The van der Waals surface area contributed by atoms with Crippen molar-refractivity contribution in [3.8, 4) is 0 Å². The van der Waals surface area contributed by atoms with Gasteiger partial charge in [0.15, 0.2) is 9.84 Å². The zero-order chi connectivity index (χ0) is 13.2. The number of rotatable bonds is 4. The highest BCUT2D eigenvalue weighted by Crippen LogP contribution is 2.27. The standard InChI is InChI=1S/C13H17BrO3S/c1-10(12-3-2-4-13(14)7-12)18(15,16)9-11-5-6-17-8-11/h2-4,7,10-11H,5-6,8-9H2,1H3. The maximum Gasteiger partial charge on any atom is 0.157 e. The molecule has 5 heteroatoms. The molecule has 18 heavy (non-hydrogen) atoms. The van der Waals surface area contributed by atoms with Crippen molar-refractivity contribution in [3.63, 3.8) is 0 Å². The first-order chi connectivity index (χ1) is 8.49. The molecule has 1 fully saturated rings. The van der Waals surface area contributed by atoms with Crippen molar-refractivity contribution in [1.29, 1.82) is 0 Å². The smallest absolute Gasteiger partial charge is 0.157 e. The van der Waals surface area contributed by atoms with E-state index in [0.29, 0.717) is 13.2 Å². The van der Waals surface area contributed by atoms with Crippen molar-refractivity contribution in [2.45, 2.75) is 18.6 Å². The molecule has 1 aliphatic heterocycles. The molecule has 1 saturated heterocycles. The minimum Gasteiger partial charge on any atom is -0.381 e. The van der Waals surface area contributed by atoms with Crippen LogP contribution in [0.4, 0.5) is 0 Å². The van der Waals surface area contributed by atoms with E-state index in [4.69, 9.17) is 4.74 Å². The van der Waals surface area contributed by atoms with Gasteiger partial charge in [0.25, 0.3) is 0 Å². The van der Waals surface area contributed by atoms with E-state index in [9.17, 15) is 8.42 Å². The van der Waals surface area contributed by atoms with Gasteiger partial charge in [0, 0.05) is 11.1 Å². The number of sulfone groups is 1. The molecule has 0 aromatic heterocycles. The number of hydrogen-bond acceptors (Lipinski definition) is 3. The number of ether oxygens (including phenoxy) is 1. The largest absolute Gasteiger partial charge is 0.381 e. The summed E-state index contributed by atoms with van der Waals surface area (Å²) in [6, 6.07) is 7.49. The Kier molecular flexibility index (Phi) is 4.45. The lowest BCUT2D eigenvalue weighted by Crippen LogP contribution is -2.21. The second-order valence-electron chi connectivity index (χ2n) is 4.76. The molecule has 3 nitrogen and oxygen atoms in total. The molecule has 0 saturated carbocycles. The van der Waals surface area contributed by atoms with Crippen LogP contribution in [0.5, 0.6) is 0 Å². The van der Waals surface area contributed by atoms with Gasteiger partial charge in [-0.05, 0) is 37.0 Å². The highest BCUT2D eigenvalue weighted by molar-refractivity contribution is 9.10. The van der Waals surface area contributed by atoms with Crippen LogP contribution in [-0.2, 0) is 14.6 Å². The highest BCUT2D eigenvalue weighted by atomic mass is 79.9. The molecule has 0 amide bonds. The van der Waals surface area contributed by atoms with Gasteiger partial charge in [0.05, 0.1) is 17.6 Å². The molecular weight excluding hydrogens is 316 g/mol. The molecule has 0 spiro atoms. The van der Waals surface area contributed by atoms with Crippen molar-refractivity contribution < 1.29 is 13.2 Å². The molecule has 2 atom stereocenters. The van der Waals surface area contributed by atoms with Gasteiger partial charge < -0.3 is 4.74 Å². The lowest BCUT2D eigenvalue weighted by molar-refractivity contribution is 0.188. The topological polar surface area (TPSA) is 43.4 Å². The summed E-state index contributed by atoms with van der Waals surface area (Å²) in [5, 5.41) is -0.462. The van der Waals surface area contributed by atoms with Gasteiger partial charge in [-0.15, -0.1) is 0 Å². The van der Waals surface area contributed by atoms with Gasteiger partial charge >= 0.3 is 0 Å². The first kappa shape index (κ1) is 14.0. The first-order valence-electron chi connectivity index (χ1n) is 6.04. The van der Waals surface area contributed by atoms with Gasteiger partial charge in [-0.25, -0.2) is 8.42 Å². The van der Waals surface area contributed by atoms with Crippen LogP contribution >= 0.6 is 15.9 Å². The number of halogens is 1. The minimum atomic E-state index is -3.11. The van der Waals surface area contributed by atoms with E-state index >= 15 is 0 Å². The summed E-state index contributed by atoms with van der Waals surface area (Å²) >= 11 is 3.37. The summed E-state index contributed by atoms with van der Waals surface area (Å²) in [7, 11) is -3.11. The van der Waals surface area contributed by atoms with Gasteiger partial charge in [0.1, 0.15) is 0 Å². The quantitative estimate of drug-likeness (QED) is 0.851. The van der Waals surface area contributed by atoms with E-state index in [-0.39, 0.29) is 11.7 Å².